The highest BCUT2D eigenvalue weighted by Gasteiger charge is 2.61. The van der Waals surface area contributed by atoms with E-state index in [0.29, 0.717) is 29.6 Å². The summed E-state index contributed by atoms with van der Waals surface area (Å²) in [4.78, 5) is 38.5. The number of carbonyl (C=O) groups excluding carboxylic acids is 3. The molecule has 4 aliphatic carbocycles. The Bertz CT molecular complexity index is 843. The molecular weight excluding hydrogens is 442 g/mol. The monoisotopic (exact) mass is 489 g/mol. The number of likely N-dealkylation sites (N-methyl/N-ethyl adjacent to an activating group) is 1. The summed E-state index contributed by atoms with van der Waals surface area (Å²) in [6.45, 7) is 11.1. The van der Waals surface area contributed by atoms with Gasteiger partial charge < -0.3 is 9.47 Å². The molecule has 0 spiro atoms. The van der Waals surface area contributed by atoms with Crippen LogP contribution >= 0.6 is 0 Å². The SMILES string of the molecule is CCOC(=O)CN(C)CC(=O)O[C@]1(C)CC[C@@]2(C)[C@@H](CC[C@@H]3[C@@H]2CC[C@]2(C)[C@@H](C(C)=O)CC[C@@H]32)C1. The van der Waals surface area contributed by atoms with E-state index in [2.05, 4.69) is 20.8 Å². The first-order chi connectivity index (χ1) is 16.4. The van der Waals surface area contributed by atoms with Crippen LogP contribution in [0.1, 0.15) is 92.4 Å². The molecule has 4 fully saturated rings. The molecule has 4 saturated carbocycles. The third kappa shape index (κ3) is 4.93. The minimum absolute atomic E-state index is 0.0913. The van der Waals surface area contributed by atoms with Gasteiger partial charge in [-0.25, -0.2) is 0 Å². The summed E-state index contributed by atoms with van der Waals surface area (Å²) in [5.41, 5.74) is 0.0603. The van der Waals surface area contributed by atoms with Gasteiger partial charge in [-0.3, -0.25) is 19.3 Å². The third-order valence-electron chi connectivity index (χ3n) is 10.9. The van der Waals surface area contributed by atoms with Crippen LogP contribution in [0.3, 0.4) is 0 Å². The number of Topliss-reactive ketones (excluding diaryl/α,β-unsaturated/α-hetero) is 1. The van der Waals surface area contributed by atoms with Crippen molar-refractivity contribution in [1.29, 1.82) is 0 Å². The summed E-state index contributed by atoms with van der Waals surface area (Å²) in [7, 11) is 1.75. The van der Waals surface area contributed by atoms with Gasteiger partial charge >= 0.3 is 11.9 Å². The molecular formula is C29H47NO5. The minimum Gasteiger partial charge on any atom is -0.465 e. The Morgan fingerprint density at radius 3 is 2.23 bits per heavy atom. The summed E-state index contributed by atoms with van der Waals surface area (Å²) < 4.78 is 11.1. The Kier molecular flexibility index (Phi) is 7.45. The number of fused-ring (bicyclic) bond motifs is 5. The van der Waals surface area contributed by atoms with E-state index in [1.54, 1.807) is 25.8 Å². The smallest absolute Gasteiger partial charge is 0.320 e. The Labute approximate surface area is 211 Å². The van der Waals surface area contributed by atoms with E-state index >= 15 is 0 Å². The molecule has 0 aromatic rings. The van der Waals surface area contributed by atoms with Crippen LogP contribution in [0.15, 0.2) is 0 Å². The number of nitrogens with zero attached hydrogens (tertiary/aromatic N) is 1. The van der Waals surface area contributed by atoms with Crippen molar-refractivity contribution >= 4 is 17.7 Å². The minimum atomic E-state index is -0.435. The van der Waals surface area contributed by atoms with E-state index in [1.807, 2.05) is 0 Å². The van der Waals surface area contributed by atoms with E-state index in [0.717, 1.165) is 37.5 Å². The predicted octanol–water partition coefficient (Wildman–Crippen LogP) is 5.03. The summed E-state index contributed by atoms with van der Waals surface area (Å²) in [6, 6.07) is 0. The van der Waals surface area contributed by atoms with Gasteiger partial charge in [0.15, 0.2) is 0 Å². The van der Waals surface area contributed by atoms with Crippen LogP contribution in [-0.2, 0) is 23.9 Å². The van der Waals surface area contributed by atoms with Crippen molar-refractivity contribution in [2.24, 2.45) is 40.4 Å². The molecule has 0 heterocycles. The highest BCUT2D eigenvalue weighted by Crippen LogP contribution is 2.68. The lowest BCUT2D eigenvalue weighted by molar-refractivity contribution is -0.181. The van der Waals surface area contributed by atoms with E-state index in [1.165, 1.54) is 32.1 Å². The molecule has 198 valence electrons. The molecule has 0 aliphatic heterocycles. The molecule has 35 heavy (non-hydrogen) atoms. The van der Waals surface area contributed by atoms with Crippen LogP contribution in [0.2, 0.25) is 0 Å². The van der Waals surface area contributed by atoms with Crippen molar-refractivity contribution in [2.45, 2.75) is 98.0 Å². The van der Waals surface area contributed by atoms with Gasteiger partial charge in [0.1, 0.15) is 11.4 Å². The maximum atomic E-state index is 12.7. The maximum absolute atomic E-state index is 12.7. The normalized spacial score (nSPS) is 42.5. The van der Waals surface area contributed by atoms with Crippen LogP contribution < -0.4 is 0 Å². The van der Waals surface area contributed by atoms with Crippen molar-refractivity contribution in [3.8, 4) is 0 Å². The van der Waals surface area contributed by atoms with Gasteiger partial charge in [0.2, 0.25) is 0 Å². The van der Waals surface area contributed by atoms with Crippen molar-refractivity contribution in [1.82, 2.24) is 4.90 Å². The fraction of sp³-hybridized carbons (Fsp3) is 0.897. The van der Waals surface area contributed by atoms with Gasteiger partial charge in [-0.2, -0.15) is 0 Å². The van der Waals surface area contributed by atoms with Gasteiger partial charge in [0.05, 0.1) is 19.7 Å². The fourth-order valence-electron chi connectivity index (χ4n) is 9.19. The maximum Gasteiger partial charge on any atom is 0.320 e. The molecule has 6 nitrogen and oxygen atoms in total. The lowest BCUT2D eigenvalue weighted by Gasteiger charge is -2.62. The molecule has 0 saturated heterocycles. The van der Waals surface area contributed by atoms with Crippen molar-refractivity contribution in [3.05, 3.63) is 0 Å². The molecule has 4 aliphatic rings. The molecule has 8 atom stereocenters. The fourth-order valence-corrected chi connectivity index (χ4v) is 9.19. The summed E-state index contributed by atoms with van der Waals surface area (Å²) in [5, 5.41) is 0. The second kappa shape index (κ2) is 9.79. The second-order valence-corrected chi connectivity index (χ2v) is 13.0. The molecule has 0 aromatic heterocycles. The first-order valence-corrected chi connectivity index (χ1v) is 14.0. The Morgan fingerprint density at radius 1 is 0.857 bits per heavy atom. The van der Waals surface area contributed by atoms with Gasteiger partial charge in [-0.1, -0.05) is 13.8 Å². The van der Waals surface area contributed by atoms with Crippen LogP contribution in [-0.4, -0.2) is 55.0 Å². The molecule has 0 unspecified atom stereocenters. The molecule has 0 amide bonds. The summed E-state index contributed by atoms with van der Waals surface area (Å²) >= 11 is 0. The highest BCUT2D eigenvalue weighted by molar-refractivity contribution is 5.79. The zero-order valence-corrected chi connectivity index (χ0v) is 22.9. The number of ketones is 1. The van der Waals surface area contributed by atoms with E-state index < -0.39 is 5.60 Å². The Morgan fingerprint density at radius 2 is 1.54 bits per heavy atom. The van der Waals surface area contributed by atoms with Gasteiger partial charge in [-0.15, -0.1) is 0 Å². The standard InChI is InChI=1S/C29H47NO5/c1-7-34-25(32)17-30(6)18-26(33)35-27(3)14-15-28(4)20(16-27)8-9-21-23-11-10-22(19(2)31)29(23,5)13-12-24(21)28/h20-24H,7-18H2,1-6H3/t20-,21-,22+,23-,24-,27+,28-,29+/m0/s1. The zero-order chi connectivity index (χ0) is 25.6. The van der Waals surface area contributed by atoms with Crippen molar-refractivity contribution in [2.75, 3.05) is 26.7 Å². The van der Waals surface area contributed by atoms with E-state index in [4.69, 9.17) is 9.47 Å². The topological polar surface area (TPSA) is 72.9 Å². The van der Waals surface area contributed by atoms with Crippen molar-refractivity contribution < 1.29 is 23.9 Å². The summed E-state index contributed by atoms with van der Waals surface area (Å²) in [6.07, 6.45) is 10.1. The molecule has 0 N–H and O–H groups in total. The molecule has 0 radical (unpaired) electrons. The van der Waals surface area contributed by atoms with Crippen LogP contribution in [0.4, 0.5) is 0 Å². The predicted molar refractivity (Wildman–Crippen MR) is 135 cm³/mol. The van der Waals surface area contributed by atoms with Crippen LogP contribution in [0, 0.1) is 40.4 Å². The van der Waals surface area contributed by atoms with E-state index in [9.17, 15) is 14.4 Å². The lowest BCUT2D eigenvalue weighted by atomic mass is 9.44. The molecule has 4 rings (SSSR count). The first kappa shape index (κ1) is 26.6. The Hall–Kier alpha value is -1.43. The van der Waals surface area contributed by atoms with Gasteiger partial charge in [0, 0.05) is 5.92 Å². The molecule has 0 aromatic carbocycles. The Balaban J connectivity index is 1.38. The third-order valence-corrected chi connectivity index (χ3v) is 10.9. The second-order valence-electron chi connectivity index (χ2n) is 13.0. The van der Waals surface area contributed by atoms with Gasteiger partial charge in [-0.05, 0) is 120 Å². The number of rotatable bonds is 7. The highest BCUT2D eigenvalue weighted by atomic mass is 16.6. The van der Waals surface area contributed by atoms with Crippen LogP contribution in [0.25, 0.3) is 0 Å². The molecule has 6 heteroatoms. The molecule has 0 bridgehead atoms. The largest absolute Gasteiger partial charge is 0.465 e. The lowest BCUT2D eigenvalue weighted by Crippen LogP contribution is -2.56. The van der Waals surface area contributed by atoms with Crippen molar-refractivity contribution in [3.63, 3.8) is 0 Å². The van der Waals surface area contributed by atoms with E-state index in [-0.39, 0.29) is 36.4 Å². The average Bonchev–Trinajstić information content (AvgIpc) is 3.11. The first-order valence-electron chi connectivity index (χ1n) is 14.0. The van der Waals surface area contributed by atoms with Crippen LogP contribution in [0.5, 0.6) is 0 Å². The number of ether oxygens (including phenoxy) is 2. The number of carbonyl (C=O) groups is 3. The number of hydrogen-bond donors (Lipinski definition) is 0. The van der Waals surface area contributed by atoms with Gasteiger partial charge in [0.25, 0.3) is 0 Å². The number of hydrogen-bond acceptors (Lipinski definition) is 6. The number of esters is 2. The average molecular weight is 490 g/mol. The summed E-state index contributed by atoms with van der Waals surface area (Å²) in [5.74, 6) is 2.80. The quantitative estimate of drug-likeness (QED) is 0.467. The zero-order valence-electron chi connectivity index (χ0n) is 22.9.